The number of alkyl halides is 1. The fourth-order valence-electron chi connectivity index (χ4n) is 5.01. The molecule has 6 nitrogen and oxygen atoms in total. The van der Waals surface area contributed by atoms with Crippen LogP contribution in [-0.2, 0) is 4.74 Å². The number of hydrogen-bond donors (Lipinski definition) is 0. The maximum absolute atomic E-state index is 13.6. The number of halogens is 1. The van der Waals surface area contributed by atoms with Crippen molar-refractivity contribution in [1.29, 1.82) is 0 Å². The highest BCUT2D eigenvalue weighted by atomic mass is 32.1. The van der Waals surface area contributed by atoms with Crippen molar-refractivity contribution in [1.82, 2.24) is 4.90 Å². The van der Waals surface area contributed by atoms with E-state index in [1.54, 1.807) is 0 Å². The van der Waals surface area contributed by atoms with E-state index in [2.05, 4.69) is 4.90 Å². The number of likely N-dealkylation sites (tertiary alicyclic amines) is 1. The Hall–Kier alpha value is -3.46. The molecule has 208 valence electrons. The van der Waals surface area contributed by atoms with E-state index < -0.39 is 0 Å². The third-order valence-electron chi connectivity index (χ3n) is 7.14. The van der Waals surface area contributed by atoms with E-state index in [0.29, 0.717) is 40.7 Å². The van der Waals surface area contributed by atoms with Crippen LogP contribution in [0.4, 0.5) is 4.39 Å². The summed E-state index contributed by atoms with van der Waals surface area (Å²) in [6.45, 7) is 2.81. The average molecular weight is 562 g/mol. The predicted octanol–water partition coefficient (Wildman–Crippen LogP) is 7.25. The lowest BCUT2D eigenvalue weighted by Gasteiger charge is -2.38. The summed E-state index contributed by atoms with van der Waals surface area (Å²) < 4.78 is 37.5. The van der Waals surface area contributed by atoms with Crippen molar-refractivity contribution in [3.05, 3.63) is 83.2 Å². The van der Waals surface area contributed by atoms with Crippen molar-refractivity contribution in [2.24, 2.45) is 0 Å². The molecule has 8 heteroatoms. The van der Waals surface area contributed by atoms with Crippen molar-refractivity contribution in [3.8, 4) is 23.0 Å². The van der Waals surface area contributed by atoms with Gasteiger partial charge in [-0.05, 0) is 61.7 Å². The summed E-state index contributed by atoms with van der Waals surface area (Å²) in [5, 5.41) is 0.851. The first kappa shape index (κ1) is 26.7. The molecule has 0 spiro atoms. The number of rotatable bonds is 11. The molecule has 3 heterocycles. The molecule has 6 rings (SSSR count). The van der Waals surface area contributed by atoms with Gasteiger partial charge < -0.3 is 18.9 Å². The second-order valence-corrected chi connectivity index (χ2v) is 11.2. The molecule has 0 bridgehead atoms. The van der Waals surface area contributed by atoms with Crippen LogP contribution >= 0.6 is 11.3 Å². The Morgan fingerprint density at radius 2 is 1.73 bits per heavy atom. The molecule has 4 aromatic rings. The molecule has 0 radical (unpaired) electrons. The highest BCUT2D eigenvalue weighted by Crippen LogP contribution is 2.43. The summed E-state index contributed by atoms with van der Waals surface area (Å²) in [4.78, 5) is 16.3. The van der Waals surface area contributed by atoms with Crippen molar-refractivity contribution < 1.29 is 28.1 Å². The molecule has 3 aromatic carbocycles. The van der Waals surface area contributed by atoms with Gasteiger partial charge in [-0.25, -0.2) is 0 Å². The van der Waals surface area contributed by atoms with Crippen LogP contribution in [0.15, 0.2) is 72.8 Å². The van der Waals surface area contributed by atoms with E-state index in [9.17, 15) is 9.18 Å². The maximum atomic E-state index is 13.6. The van der Waals surface area contributed by atoms with Gasteiger partial charge in [0.2, 0.25) is 5.78 Å². The van der Waals surface area contributed by atoms with Crippen molar-refractivity contribution in [2.45, 2.75) is 38.1 Å². The van der Waals surface area contributed by atoms with Gasteiger partial charge in [-0.2, -0.15) is 0 Å². The highest BCUT2D eigenvalue weighted by Gasteiger charge is 2.28. The van der Waals surface area contributed by atoms with Crippen LogP contribution in [0, 0.1) is 0 Å². The minimum Gasteiger partial charge on any atom is -0.488 e. The van der Waals surface area contributed by atoms with E-state index in [-0.39, 0.29) is 24.9 Å². The Labute approximate surface area is 237 Å². The molecule has 0 saturated carbocycles. The first-order chi connectivity index (χ1) is 19.7. The monoisotopic (exact) mass is 561 g/mol. The van der Waals surface area contributed by atoms with E-state index in [4.69, 9.17) is 18.9 Å². The van der Waals surface area contributed by atoms with Crippen LogP contribution in [0.2, 0.25) is 0 Å². The Morgan fingerprint density at radius 1 is 0.950 bits per heavy atom. The quantitative estimate of drug-likeness (QED) is 0.180. The summed E-state index contributed by atoms with van der Waals surface area (Å²) in [6.07, 6.45) is 3.44. The van der Waals surface area contributed by atoms with Gasteiger partial charge in [0, 0.05) is 41.7 Å². The number of ketones is 1. The number of ether oxygens (including phenoxy) is 4. The molecule has 1 unspecified atom stereocenters. The topological polar surface area (TPSA) is 57.2 Å². The zero-order chi connectivity index (χ0) is 27.3. The molecule has 0 N–H and O–H groups in total. The number of carbonyl (C=O) groups is 1. The van der Waals surface area contributed by atoms with Gasteiger partial charge in [0.15, 0.2) is 12.0 Å². The zero-order valence-electron chi connectivity index (χ0n) is 22.2. The molecule has 1 aromatic heterocycles. The molecule has 0 amide bonds. The molecule has 2 fully saturated rings. The molecule has 0 aliphatic carbocycles. The Morgan fingerprint density at radius 3 is 2.48 bits per heavy atom. The lowest BCUT2D eigenvalue weighted by molar-refractivity contribution is -0.105. The largest absolute Gasteiger partial charge is 0.488 e. The van der Waals surface area contributed by atoms with E-state index in [1.807, 2.05) is 72.8 Å². The van der Waals surface area contributed by atoms with Gasteiger partial charge in [0.1, 0.15) is 28.2 Å². The van der Waals surface area contributed by atoms with Gasteiger partial charge in [-0.15, -0.1) is 11.3 Å². The number of thiophene rings is 1. The van der Waals surface area contributed by atoms with E-state index >= 15 is 0 Å². The van der Waals surface area contributed by atoms with Crippen LogP contribution in [0.5, 0.6) is 23.0 Å². The smallest absolute Gasteiger partial charge is 0.206 e. The van der Waals surface area contributed by atoms with Crippen molar-refractivity contribution in [3.63, 3.8) is 0 Å². The molecule has 2 saturated heterocycles. The second kappa shape index (κ2) is 12.4. The van der Waals surface area contributed by atoms with Gasteiger partial charge >= 0.3 is 0 Å². The van der Waals surface area contributed by atoms with Crippen LogP contribution in [0.25, 0.3) is 10.1 Å². The standard InChI is InChI=1S/C32H32FNO5S/c33-16-6-17-34-20-26(21-34)37-23-10-12-24(13-11-23)39-31-27-15-14-25(38-29-9-4-5-18-36-29)19-28(27)40-32(31)30(35)22-7-2-1-3-8-22/h1-3,7-8,10-15,19,26,29H,4-6,9,16-18,20-21H2. The fourth-order valence-corrected chi connectivity index (χ4v) is 6.13. The molecule has 1 atom stereocenters. The van der Waals surface area contributed by atoms with Crippen molar-refractivity contribution in [2.75, 3.05) is 32.9 Å². The van der Waals surface area contributed by atoms with Gasteiger partial charge in [-0.3, -0.25) is 14.1 Å². The molecule has 2 aliphatic rings. The van der Waals surface area contributed by atoms with Crippen LogP contribution in [-0.4, -0.2) is 56.0 Å². The minimum absolute atomic E-state index is 0.0860. The predicted molar refractivity (Wildman–Crippen MR) is 154 cm³/mol. The number of carbonyl (C=O) groups excluding carboxylic acids is 1. The first-order valence-electron chi connectivity index (χ1n) is 13.8. The lowest BCUT2D eigenvalue weighted by atomic mass is 10.1. The Bertz CT molecular complexity index is 1430. The zero-order valence-corrected chi connectivity index (χ0v) is 23.0. The summed E-state index contributed by atoms with van der Waals surface area (Å²) in [5.74, 6) is 2.53. The van der Waals surface area contributed by atoms with Crippen LogP contribution in [0.3, 0.4) is 0 Å². The average Bonchev–Trinajstić information content (AvgIpc) is 3.33. The fraction of sp³-hybridized carbons (Fsp3) is 0.344. The molecular formula is C32H32FNO5S. The first-order valence-corrected chi connectivity index (χ1v) is 14.7. The van der Waals surface area contributed by atoms with Crippen LogP contribution in [0.1, 0.15) is 40.9 Å². The molecular weight excluding hydrogens is 529 g/mol. The third kappa shape index (κ3) is 6.14. The lowest BCUT2D eigenvalue weighted by Crippen LogP contribution is -2.53. The number of benzene rings is 3. The van der Waals surface area contributed by atoms with Crippen molar-refractivity contribution >= 4 is 27.2 Å². The Balaban J connectivity index is 1.22. The number of fused-ring (bicyclic) bond motifs is 1. The summed E-state index contributed by atoms with van der Waals surface area (Å²) >= 11 is 1.40. The van der Waals surface area contributed by atoms with Gasteiger partial charge in [-0.1, -0.05) is 30.3 Å². The summed E-state index contributed by atoms with van der Waals surface area (Å²) in [6, 6.07) is 22.5. The van der Waals surface area contributed by atoms with E-state index in [0.717, 1.165) is 54.7 Å². The Kier molecular flexibility index (Phi) is 8.27. The normalized spacial score (nSPS) is 17.9. The maximum Gasteiger partial charge on any atom is 0.206 e. The summed E-state index contributed by atoms with van der Waals surface area (Å²) in [5.41, 5.74) is 0.607. The highest BCUT2D eigenvalue weighted by molar-refractivity contribution is 7.21. The van der Waals surface area contributed by atoms with Crippen LogP contribution < -0.4 is 14.2 Å². The second-order valence-electron chi connectivity index (χ2n) is 10.1. The third-order valence-corrected chi connectivity index (χ3v) is 8.27. The van der Waals surface area contributed by atoms with Gasteiger partial charge in [0.05, 0.1) is 13.3 Å². The van der Waals surface area contributed by atoms with Gasteiger partial charge in [0.25, 0.3) is 0 Å². The SMILES string of the molecule is O=C(c1ccccc1)c1sc2cc(OC3CCCCO3)ccc2c1Oc1ccc(OC2CN(CCCF)C2)cc1. The minimum atomic E-state index is -0.286. The molecule has 2 aliphatic heterocycles. The number of nitrogens with zero attached hydrogens (tertiary/aromatic N) is 1. The molecule has 40 heavy (non-hydrogen) atoms. The van der Waals surface area contributed by atoms with E-state index in [1.165, 1.54) is 11.3 Å². The summed E-state index contributed by atoms with van der Waals surface area (Å²) in [7, 11) is 0. The number of hydrogen-bond acceptors (Lipinski definition) is 7.